The summed E-state index contributed by atoms with van der Waals surface area (Å²) in [7, 11) is 0. The van der Waals surface area contributed by atoms with Gasteiger partial charge in [-0.3, -0.25) is 4.57 Å². The molecule has 0 saturated carbocycles. The van der Waals surface area contributed by atoms with Crippen molar-refractivity contribution >= 4 is 22.6 Å². The summed E-state index contributed by atoms with van der Waals surface area (Å²) in [6, 6.07) is 5.17. The summed E-state index contributed by atoms with van der Waals surface area (Å²) in [6.07, 6.45) is -13.0. The Morgan fingerprint density at radius 1 is 0.962 bits per heavy atom. The fourth-order valence-corrected chi connectivity index (χ4v) is 2.89. The minimum absolute atomic E-state index is 0.500. The van der Waals surface area contributed by atoms with E-state index in [0.29, 0.717) is 15.3 Å². The zero-order valence-corrected chi connectivity index (χ0v) is 13.3. The molecule has 4 nitrogen and oxygen atoms in total. The zero-order chi connectivity index (χ0) is 19.1. The molecule has 0 N–H and O–H groups in total. The van der Waals surface area contributed by atoms with Crippen LogP contribution in [-0.4, -0.2) is 42.2 Å². The van der Waals surface area contributed by atoms with Gasteiger partial charge in [-0.2, -0.15) is 26.3 Å². The first-order chi connectivity index (χ1) is 12.1. The van der Waals surface area contributed by atoms with Gasteiger partial charge in [-0.05, 0) is 25.0 Å². The van der Waals surface area contributed by atoms with Crippen molar-refractivity contribution in [1.82, 2.24) is 4.57 Å². The molecular weight excluding hydrogens is 366 g/mol. The molecule has 1 saturated heterocycles. The number of alkyl halides is 6. The first-order valence-corrected chi connectivity index (χ1v) is 7.77. The van der Waals surface area contributed by atoms with Gasteiger partial charge in [0.15, 0.2) is 0 Å². The van der Waals surface area contributed by atoms with Gasteiger partial charge in [0.2, 0.25) is 0 Å². The fraction of sp³-hybridized carbons (Fsp3) is 0.438. The van der Waals surface area contributed by atoms with Gasteiger partial charge in [0, 0.05) is 41.9 Å². The Bertz CT molecular complexity index is 791. The topological polar surface area (TPSA) is 34.5 Å². The molecule has 2 heterocycles. The lowest BCUT2D eigenvalue weighted by atomic mass is 10.2. The number of aromatic nitrogens is 1. The number of carbonyl (C=O) groups is 1. The SMILES string of the molecule is O=C(OC(C(F)(F)F)C(F)(F)F)n1cc2ccc(N3CCCC3)cc2c1. The molecule has 0 bridgehead atoms. The third-order valence-electron chi connectivity index (χ3n) is 4.12. The second-order valence-electron chi connectivity index (χ2n) is 6.02. The lowest BCUT2D eigenvalue weighted by Crippen LogP contribution is -2.46. The van der Waals surface area contributed by atoms with Gasteiger partial charge >= 0.3 is 18.4 Å². The molecule has 1 aromatic carbocycles. The van der Waals surface area contributed by atoms with E-state index in [2.05, 4.69) is 9.64 Å². The Morgan fingerprint density at radius 3 is 2.12 bits per heavy atom. The van der Waals surface area contributed by atoms with Crippen LogP contribution in [0.1, 0.15) is 12.8 Å². The Labute approximate surface area is 143 Å². The average molecular weight is 380 g/mol. The Morgan fingerprint density at radius 2 is 1.54 bits per heavy atom. The highest BCUT2D eigenvalue weighted by atomic mass is 19.4. The number of rotatable bonds is 2. The first kappa shape index (κ1) is 18.4. The van der Waals surface area contributed by atoms with E-state index in [0.717, 1.165) is 44.0 Å². The van der Waals surface area contributed by atoms with Crippen molar-refractivity contribution in [3.05, 3.63) is 30.6 Å². The largest absolute Gasteiger partial charge is 0.434 e. The number of anilines is 1. The van der Waals surface area contributed by atoms with Crippen molar-refractivity contribution in [3.8, 4) is 0 Å². The van der Waals surface area contributed by atoms with Crippen LogP contribution >= 0.6 is 0 Å². The number of halogens is 6. The molecule has 0 unspecified atom stereocenters. The number of benzene rings is 1. The Kier molecular flexibility index (Phi) is 4.53. The van der Waals surface area contributed by atoms with Crippen LogP contribution < -0.4 is 4.90 Å². The molecule has 1 aliphatic rings. The van der Waals surface area contributed by atoms with Crippen LogP contribution in [0.25, 0.3) is 10.8 Å². The van der Waals surface area contributed by atoms with E-state index in [1.807, 2.05) is 0 Å². The van der Waals surface area contributed by atoms with E-state index in [4.69, 9.17) is 0 Å². The van der Waals surface area contributed by atoms with E-state index in [1.54, 1.807) is 18.2 Å². The lowest BCUT2D eigenvalue weighted by Gasteiger charge is -2.22. The maximum atomic E-state index is 12.5. The third-order valence-corrected chi connectivity index (χ3v) is 4.12. The molecule has 10 heteroatoms. The van der Waals surface area contributed by atoms with Gasteiger partial charge in [0.05, 0.1) is 0 Å². The number of carbonyl (C=O) groups excluding carboxylic acids is 1. The molecule has 0 spiro atoms. The quantitative estimate of drug-likeness (QED) is 0.707. The minimum Gasteiger partial charge on any atom is -0.426 e. The van der Waals surface area contributed by atoms with E-state index in [-0.39, 0.29) is 0 Å². The minimum atomic E-state index is -5.75. The molecule has 1 aliphatic heterocycles. The average Bonchev–Trinajstić information content (AvgIpc) is 3.18. The van der Waals surface area contributed by atoms with Gasteiger partial charge < -0.3 is 9.64 Å². The number of nitrogens with zero attached hydrogens (tertiary/aromatic N) is 2. The number of ether oxygens (including phenoxy) is 1. The molecule has 1 fully saturated rings. The monoisotopic (exact) mass is 380 g/mol. The number of hydrogen-bond donors (Lipinski definition) is 0. The molecule has 142 valence electrons. The highest BCUT2D eigenvalue weighted by Crippen LogP contribution is 2.36. The highest BCUT2D eigenvalue weighted by molar-refractivity contribution is 5.89. The molecule has 3 rings (SSSR count). The summed E-state index contributed by atoms with van der Waals surface area (Å²) in [4.78, 5) is 13.9. The molecule has 1 aromatic heterocycles. The Balaban J connectivity index is 1.84. The molecule has 26 heavy (non-hydrogen) atoms. The summed E-state index contributed by atoms with van der Waals surface area (Å²) in [5.41, 5.74) is 0.879. The standard InChI is InChI=1S/C16H14F6N2O2/c17-15(18,19)13(16(20,21)22)26-14(25)24-8-10-3-4-12(7-11(10)9-24)23-5-1-2-6-23/h3-4,7-9,13H,1-2,5-6H2. The van der Waals surface area contributed by atoms with E-state index >= 15 is 0 Å². The third kappa shape index (κ3) is 3.73. The van der Waals surface area contributed by atoms with Crippen molar-refractivity contribution in [2.24, 2.45) is 0 Å². The van der Waals surface area contributed by atoms with Crippen LogP contribution in [-0.2, 0) is 4.74 Å². The van der Waals surface area contributed by atoms with Crippen LogP contribution in [0.15, 0.2) is 30.6 Å². The maximum absolute atomic E-state index is 12.5. The second-order valence-corrected chi connectivity index (χ2v) is 6.02. The fourth-order valence-electron chi connectivity index (χ4n) is 2.89. The van der Waals surface area contributed by atoms with Crippen LogP contribution in [0, 0.1) is 0 Å². The zero-order valence-electron chi connectivity index (χ0n) is 13.3. The normalized spacial score (nSPS) is 15.9. The highest BCUT2D eigenvalue weighted by Gasteiger charge is 2.60. The van der Waals surface area contributed by atoms with Crippen molar-refractivity contribution < 1.29 is 35.9 Å². The summed E-state index contributed by atoms with van der Waals surface area (Å²) in [5, 5.41) is 1.02. The van der Waals surface area contributed by atoms with Crippen molar-refractivity contribution in [1.29, 1.82) is 0 Å². The first-order valence-electron chi connectivity index (χ1n) is 7.77. The number of hydrogen-bond acceptors (Lipinski definition) is 3. The van der Waals surface area contributed by atoms with Gasteiger partial charge in [0.1, 0.15) is 0 Å². The molecular formula is C16H14F6N2O2. The Hall–Kier alpha value is -2.39. The van der Waals surface area contributed by atoms with Crippen molar-refractivity contribution in [3.63, 3.8) is 0 Å². The molecule has 0 aliphatic carbocycles. The predicted molar refractivity (Wildman–Crippen MR) is 81.2 cm³/mol. The predicted octanol–water partition coefficient (Wildman–Crippen LogP) is 4.72. The van der Waals surface area contributed by atoms with Crippen LogP contribution in [0.3, 0.4) is 0 Å². The van der Waals surface area contributed by atoms with E-state index in [1.165, 1.54) is 0 Å². The summed E-state index contributed by atoms with van der Waals surface area (Å²) in [6.45, 7) is 1.74. The van der Waals surface area contributed by atoms with Gasteiger partial charge in [-0.25, -0.2) is 4.79 Å². The van der Waals surface area contributed by atoms with Crippen molar-refractivity contribution in [2.45, 2.75) is 31.3 Å². The van der Waals surface area contributed by atoms with E-state index in [9.17, 15) is 31.1 Å². The summed E-state index contributed by atoms with van der Waals surface area (Å²) in [5.74, 6) is 0. The maximum Gasteiger partial charge on any atom is 0.434 e. The molecule has 0 amide bonds. The lowest BCUT2D eigenvalue weighted by molar-refractivity contribution is -0.306. The van der Waals surface area contributed by atoms with Gasteiger partial charge in [0.25, 0.3) is 6.10 Å². The van der Waals surface area contributed by atoms with Gasteiger partial charge in [-0.15, -0.1) is 0 Å². The van der Waals surface area contributed by atoms with Crippen molar-refractivity contribution in [2.75, 3.05) is 18.0 Å². The summed E-state index contributed by atoms with van der Waals surface area (Å²) >= 11 is 0. The van der Waals surface area contributed by atoms with Crippen LogP contribution in [0.4, 0.5) is 36.8 Å². The molecule has 0 radical (unpaired) electrons. The summed E-state index contributed by atoms with van der Waals surface area (Å²) < 4.78 is 79.3. The van der Waals surface area contributed by atoms with Crippen LogP contribution in [0.2, 0.25) is 0 Å². The second kappa shape index (κ2) is 6.40. The molecule has 2 aromatic rings. The molecule has 0 atom stereocenters. The van der Waals surface area contributed by atoms with Gasteiger partial charge in [-0.1, -0.05) is 6.07 Å². The van der Waals surface area contributed by atoms with Crippen LogP contribution in [0.5, 0.6) is 0 Å². The number of fused-ring (bicyclic) bond motifs is 1. The van der Waals surface area contributed by atoms with E-state index < -0.39 is 24.5 Å². The smallest absolute Gasteiger partial charge is 0.426 e.